The molecule has 2 saturated carbocycles. The molecule has 2 aromatic rings. The number of ether oxygens (including phenoxy) is 1. The number of ketones is 2. The van der Waals surface area contributed by atoms with Crippen LogP contribution >= 0.6 is 11.6 Å². The smallest absolute Gasteiger partial charge is 0.310 e. The van der Waals surface area contributed by atoms with Gasteiger partial charge in [-0.25, -0.2) is 0 Å². The highest BCUT2D eigenvalue weighted by atomic mass is 35.5. The van der Waals surface area contributed by atoms with E-state index in [-0.39, 0.29) is 35.9 Å². The highest BCUT2D eigenvalue weighted by molar-refractivity contribution is 6.30. The van der Waals surface area contributed by atoms with Crippen molar-refractivity contribution < 1.29 is 19.1 Å². The molecule has 5 heteroatoms. The van der Waals surface area contributed by atoms with Crippen molar-refractivity contribution in [2.45, 2.75) is 19.3 Å². The van der Waals surface area contributed by atoms with E-state index in [9.17, 15) is 14.4 Å². The van der Waals surface area contributed by atoms with Crippen LogP contribution in [0.5, 0.6) is 0 Å². The van der Waals surface area contributed by atoms with Crippen molar-refractivity contribution in [2.24, 2.45) is 23.7 Å². The molecule has 2 bridgehead atoms. The van der Waals surface area contributed by atoms with Gasteiger partial charge < -0.3 is 4.74 Å². The Bertz CT molecular complexity index is 891. The Morgan fingerprint density at radius 3 is 2.18 bits per heavy atom. The Kier molecular flexibility index (Phi) is 5.31. The predicted molar refractivity (Wildman–Crippen MR) is 105 cm³/mol. The Morgan fingerprint density at radius 1 is 0.857 bits per heavy atom. The molecular formula is C23H21ClO4. The third-order valence-corrected chi connectivity index (χ3v) is 6.31. The minimum absolute atomic E-state index is 0.0128. The van der Waals surface area contributed by atoms with Crippen LogP contribution in [0, 0.1) is 23.7 Å². The molecule has 144 valence electrons. The number of esters is 1. The van der Waals surface area contributed by atoms with Crippen LogP contribution in [-0.4, -0.2) is 24.1 Å². The van der Waals surface area contributed by atoms with Crippen molar-refractivity contribution in [3.05, 3.63) is 70.7 Å². The first-order chi connectivity index (χ1) is 13.5. The first kappa shape index (κ1) is 18.9. The topological polar surface area (TPSA) is 60.4 Å². The first-order valence-corrected chi connectivity index (χ1v) is 9.97. The molecule has 28 heavy (non-hydrogen) atoms. The molecule has 0 heterocycles. The maximum absolute atomic E-state index is 13.1. The number of hydrogen-bond acceptors (Lipinski definition) is 4. The number of carbonyl (C=O) groups is 3. The van der Waals surface area contributed by atoms with Gasteiger partial charge in [-0.2, -0.15) is 0 Å². The van der Waals surface area contributed by atoms with E-state index in [0.29, 0.717) is 16.1 Å². The van der Waals surface area contributed by atoms with Crippen LogP contribution in [0.25, 0.3) is 0 Å². The van der Waals surface area contributed by atoms with Gasteiger partial charge in [0, 0.05) is 22.1 Å². The van der Waals surface area contributed by atoms with Gasteiger partial charge in [0.1, 0.15) is 0 Å². The van der Waals surface area contributed by atoms with Crippen molar-refractivity contribution in [3.8, 4) is 0 Å². The summed E-state index contributed by atoms with van der Waals surface area (Å²) in [5.41, 5.74) is 1.08. The fraction of sp³-hybridized carbons (Fsp3) is 0.348. The molecule has 2 aliphatic carbocycles. The molecule has 0 unspecified atom stereocenters. The number of fused-ring (bicyclic) bond motifs is 2. The Labute approximate surface area is 168 Å². The summed E-state index contributed by atoms with van der Waals surface area (Å²) in [4.78, 5) is 38.2. The summed E-state index contributed by atoms with van der Waals surface area (Å²) in [5, 5.41) is 0.540. The van der Waals surface area contributed by atoms with Crippen molar-refractivity contribution in [3.63, 3.8) is 0 Å². The maximum atomic E-state index is 13.1. The van der Waals surface area contributed by atoms with E-state index in [1.807, 2.05) is 18.2 Å². The fourth-order valence-electron chi connectivity index (χ4n) is 4.75. The fourth-order valence-corrected chi connectivity index (χ4v) is 4.88. The average Bonchev–Trinajstić information content (AvgIpc) is 3.34. The van der Waals surface area contributed by atoms with Crippen LogP contribution in [0.1, 0.15) is 40.0 Å². The first-order valence-electron chi connectivity index (χ1n) is 9.59. The molecule has 0 N–H and O–H groups in total. The lowest BCUT2D eigenvalue weighted by Crippen LogP contribution is -2.36. The zero-order valence-corrected chi connectivity index (χ0v) is 16.1. The van der Waals surface area contributed by atoms with E-state index < -0.39 is 11.9 Å². The van der Waals surface area contributed by atoms with Crippen LogP contribution in [0.15, 0.2) is 54.6 Å². The summed E-state index contributed by atoms with van der Waals surface area (Å²) in [6.07, 6.45) is 2.80. The Balaban J connectivity index is 1.45. The molecule has 2 aliphatic rings. The van der Waals surface area contributed by atoms with E-state index in [1.54, 1.807) is 36.4 Å². The molecule has 4 rings (SSSR count). The number of rotatable bonds is 6. The summed E-state index contributed by atoms with van der Waals surface area (Å²) < 4.78 is 5.37. The van der Waals surface area contributed by atoms with E-state index >= 15 is 0 Å². The Hall–Kier alpha value is -2.46. The third kappa shape index (κ3) is 3.61. The summed E-state index contributed by atoms with van der Waals surface area (Å²) >= 11 is 5.83. The lowest BCUT2D eigenvalue weighted by atomic mass is 9.75. The molecular weight excluding hydrogens is 376 g/mol. The van der Waals surface area contributed by atoms with Gasteiger partial charge in [-0.3, -0.25) is 14.4 Å². The zero-order chi connectivity index (χ0) is 19.7. The second-order valence-electron chi connectivity index (χ2n) is 7.65. The normalized spacial score (nSPS) is 25.5. The molecule has 0 amide bonds. The number of benzene rings is 2. The molecule has 4 atom stereocenters. The SMILES string of the molecule is O=C(COC(=O)[C@H]1[C@@H]2CC[C@@H](C2)[C@@H]1C(=O)c1ccccc1)c1ccc(Cl)cc1. The van der Waals surface area contributed by atoms with Gasteiger partial charge >= 0.3 is 5.97 Å². The van der Waals surface area contributed by atoms with E-state index in [1.165, 1.54) is 0 Å². The summed E-state index contributed by atoms with van der Waals surface area (Å²) in [7, 11) is 0. The van der Waals surface area contributed by atoms with Gasteiger partial charge in [-0.1, -0.05) is 41.9 Å². The second-order valence-corrected chi connectivity index (χ2v) is 8.09. The predicted octanol–water partition coefficient (Wildman–Crippen LogP) is 4.61. The van der Waals surface area contributed by atoms with Crippen LogP contribution < -0.4 is 0 Å². The van der Waals surface area contributed by atoms with Gasteiger partial charge in [0.05, 0.1) is 5.92 Å². The average molecular weight is 397 g/mol. The van der Waals surface area contributed by atoms with Gasteiger partial charge in [0.25, 0.3) is 0 Å². The van der Waals surface area contributed by atoms with E-state index in [2.05, 4.69) is 0 Å². The van der Waals surface area contributed by atoms with Crippen molar-refractivity contribution in [1.82, 2.24) is 0 Å². The molecule has 2 aromatic carbocycles. The van der Waals surface area contributed by atoms with Crippen molar-refractivity contribution in [1.29, 1.82) is 0 Å². The Morgan fingerprint density at radius 2 is 1.50 bits per heavy atom. The van der Waals surface area contributed by atoms with Crippen LogP contribution in [0.3, 0.4) is 0 Å². The summed E-state index contributed by atoms with van der Waals surface area (Å²) in [6.45, 7) is -0.319. The van der Waals surface area contributed by atoms with E-state index in [4.69, 9.17) is 16.3 Å². The second kappa shape index (κ2) is 7.88. The molecule has 0 aliphatic heterocycles. The zero-order valence-electron chi connectivity index (χ0n) is 15.3. The largest absolute Gasteiger partial charge is 0.457 e. The maximum Gasteiger partial charge on any atom is 0.310 e. The molecule has 0 aromatic heterocycles. The van der Waals surface area contributed by atoms with Crippen LogP contribution in [0.2, 0.25) is 5.02 Å². The monoisotopic (exact) mass is 396 g/mol. The molecule has 0 spiro atoms. The van der Waals surface area contributed by atoms with Crippen LogP contribution in [-0.2, 0) is 9.53 Å². The highest BCUT2D eigenvalue weighted by Crippen LogP contribution is 2.53. The number of hydrogen-bond donors (Lipinski definition) is 0. The number of carbonyl (C=O) groups excluding carboxylic acids is 3. The minimum atomic E-state index is -0.454. The molecule has 2 fully saturated rings. The standard InChI is InChI=1S/C23H21ClO4/c24-18-10-8-14(9-11-18)19(25)13-28-23(27)21-17-7-6-16(12-17)20(21)22(26)15-4-2-1-3-5-15/h1-5,8-11,16-17,20-21H,6-7,12-13H2/t16-,17+,20-,21-/m0/s1. The molecule has 0 saturated heterocycles. The van der Waals surface area contributed by atoms with Gasteiger partial charge in [-0.15, -0.1) is 0 Å². The number of Topliss-reactive ketones (excluding diaryl/α,β-unsaturated/α-hetero) is 2. The number of halogens is 1. The molecule has 4 nitrogen and oxygen atoms in total. The third-order valence-electron chi connectivity index (χ3n) is 6.06. The van der Waals surface area contributed by atoms with Crippen LogP contribution in [0.4, 0.5) is 0 Å². The minimum Gasteiger partial charge on any atom is -0.457 e. The molecule has 0 radical (unpaired) electrons. The lowest BCUT2D eigenvalue weighted by molar-refractivity contribution is -0.150. The van der Waals surface area contributed by atoms with Crippen molar-refractivity contribution >= 4 is 29.1 Å². The lowest BCUT2D eigenvalue weighted by Gasteiger charge is -2.28. The van der Waals surface area contributed by atoms with E-state index in [0.717, 1.165) is 19.3 Å². The summed E-state index contributed by atoms with van der Waals surface area (Å²) in [6, 6.07) is 15.6. The van der Waals surface area contributed by atoms with Gasteiger partial charge in [0.2, 0.25) is 0 Å². The highest BCUT2D eigenvalue weighted by Gasteiger charge is 2.54. The van der Waals surface area contributed by atoms with Crippen molar-refractivity contribution in [2.75, 3.05) is 6.61 Å². The quantitative estimate of drug-likeness (QED) is 0.528. The van der Waals surface area contributed by atoms with Gasteiger partial charge in [-0.05, 0) is 55.4 Å². The van der Waals surface area contributed by atoms with Gasteiger partial charge in [0.15, 0.2) is 18.2 Å². The summed E-state index contributed by atoms with van der Waals surface area (Å²) in [5.74, 6) is -1.10.